The van der Waals surface area contributed by atoms with Crippen molar-refractivity contribution in [3.8, 4) is 0 Å². The molecule has 0 bridgehead atoms. The van der Waals surface area contributed by atoms with Crippen molar-refractivity contribution in [2.45, 2.75) is 45.3 Å². The van der Waals surface area contributed by atoms with Crippen molar-refractivity contribution in [1.82, 2.24) is 5.43 Å². The second kappa shape index (κ2) is 5.49. The number of hydrogen-bond donors (Lipinski definition) is 2. The summed E-state index contributed by atoms with van der Waals surface area (Å²) in [6.45, 7) is 9.04. The van der Waals surface area contributed by atoms with E-state index < -0.39 is 0 Å². The van der Waals surface area contributed by atoms with Crippen LogP contribution in [0, 0.1) is 5.92 Å². The molecule has 0 saturated carbocycles. The van der Waals surface area contributed by atoms with Crippen molar-refractivity contribution in [2.24, 2.45) is 11.8 Å². The third-order valence-corrected chi connectivity index (χ3v) is 2.94. The second-order valence-electron chi connectivity index (χ2n) is 4.37. The molecule has 1 rings (SSSR count). The molecule has 3 atom stereocenters. The van der Waals surface area contributed by atoms with Gasteiger partial charge in [0.15, 0.2) is 0 Å². The Morgan fingerprint density at radius 3 is 2.86 bits per heavy atom. The van der Waals surface area contributed by atoms with E-state index in [0.717, 1.165) is 25.9 Å². The molecule has 0 amide bonds. The van der Waals surface area contributed by atoms with Gasteiger partial charge in [-0.05, 0) is 32.1 Å². The second-order valence-corrected chi connectivity index (χ2v) is 4.37. The molecule has 3 nitrogen and oxygen atoms in total. The zero-order valence-electron chi connectivity index (χ0n) is 9.25. The summed E-state index contributed by atoms with van der Waals surface area (Å²) in [4.78, 5) is 0. The predicted molar refractivity (Wildman–Crippen MR) is 58.7 cm³/mol. The first-order valence-electron chi connectivity index (χ1n) is 5.37. The van der Waals surface area contributed by atoms with Crippen LogP contribution in [0.1, 0.15) is 33.1 Å². The number of ether oxygens (including phenoxy) is 1. The molecule has 1 aliphatic rings. The quantitative estimate of drug-likeness (QED) is 0.401. The van der Waals surface area contributed by atoms with Gasteiger partial charge in [-0.2, -0.15) is 0 Å². The summed E-state index contributed by atoms with van der Waals surface area (Å²) in [6.07, 6.45) is 3.46. The van der Waals surface area contributed by atoms with E-state index in [2.05, 4.69) is 18.9 Å². The van der Waals surface area contributed by atoms with E-state index in [9.17, 15) is 0 Å². The molecule has 1 saturated heterocycles. The molecule has 1 heterocycles. The molecular formula is C11H22N2O. The van der Waals surface area contributed by atoms with Crippen molar-refractivity contribution in [3.63, 3.8) is 0 Å². The van der Waals surface area contributed by atoms with Gasteiger partial charge in [-0.3, -0.25) is 11.3 Å². The highest BCUT2D eigenvalue weighted by atomic mass is 16.5. The van der Waals surface area contributed by atoms with Crippen LogP contribution in [0.5, 0.6) is 0 Å². The summed E-state index contributed by atoms with van der Waals surface area (Å²) in [5, 5.41) is 0. The molecular weight excluding hydrogens is 176 g/mol. The number of allylic oxidation sites excluding steroid dienone is 1. The number of rotatable bonds is 5. The smallest absolute Gasteiger partial charge is 0.0767 e. The summed E-state index contributed by atoms with van der Waals surface area (Å²) in [5.74, 6) is 6.15. The molecule has 3 heteroatoms. The lowest BCUT2D eigenvalue weighted by atomic mass is 9.94. The Balaban J connectivity index is 2.40. The van der Waals surface area contributed by atoms with Crippen molar-refractivity contribution in [3.05, 3.63) is 12.2 Å². The maximum Gasteiger partial charge on any atom is 0.0767 e. The Kier molecular flexibility index (Phi) is 4.58. The van der Waals surface area contributed by atoms with E-state index in [1.54, 1.807) is 0 Å². The summed E-state index contributed by atoms with van der Waals surface area (Å²) in [5.41, 5.74) is 4.07. The summed E-state index contributed by atoms with van der Waals surface area (Å²) in [6, 6.07) is 0.268. The first-order valence-corrected chi connectivity index (χ1v) is 5.37. The van der Waals surface area contributed by atoms with E-state index in [1.165, 1.54) is 5.57 Å². The lowest BCUT2D eigenvalue weighted by molar-refractivity contribution is 0.0584. The zero-order chi connectivity index (χ0) is 10.6. The van der Waals surface area contributed by atoms with Gasteiger partial charge in [-0.1, -0.05) is 12.5 Å². The van der Waals surface area contributed by atoms with Crippen LogP contribution in [0.4, 0.5) is 0 Å². The normalized spacial score (nSPS) is 29.1. The topological polar surface area (TPSA) is 47.3 Å². The van der Waals surface area contributed by atoms with Gasteiger partial charge in [-0.15, -0.1) is 6.58 Å². The summed E-state index contributed by atoms with van der Waals surface area (Å²) in [7, 11) is 0. The largest absolute Gasteiger partial charge is 0.376 e. The average Bonchev–Trinajstić information content (AvgIpc) is 2.53. The fraction of sp³-hybridized carbons (Fsp3) is 0.818. The standard InChI is InChI=1S/C11H22N2O/c1-8(2)4-5-10(13-12)11-9(3)6-7-14-11/h9-11,13H,1,4-7,12H2,2-3H3. The average molecular weight is 198 g/mol. The number of hydrazine groups is 1. The Morgan fingerprint density at radius 2 is 2.43 bits per heavy atom. The zero-order valence-corrected chi connectivity index (χ0v) is 9.25. The van der Waals surface area contributed by atoms with Gasteiger partial charge in [0.05, 0.1) is 6.10 Å². The Bertz CT molecular complexity index is 194. The Hall–Kier alpha value is -0.380. The van der Waals surface area contributed by atoms with Crippen LogP contribution in [0.15, 0.2) is 12.2 Å². The fourth-order valence-corrected chi connectivity index (χ4v) is 1.98. The molecule has 0 aromatic heterocycles. The van der Waals surface area contributed by atoms with Gasteiger partial charge in [0.25, 0.3) is 0 Å². The molecule has 0 spiro atoms. The SMILES string of the molecule is C=C(C)CCC(NN)C1OCCC1C. The highest BCUT2D eigenvalue weighted by molar-refractivity contribution is 4.92. The van der Waals surface area contributed by atoms with Crippen molar-refractivity contribution >= 4 is 0 Å². The van der Waals surface area contributed by atoms with Crippen molar-refractivity contribution < 1.29 is 4.74 Å². The minimum absolute atomic E-state index is 0.268. The van der Waals surface area contributed by atoms with E-state index >= 15 is 0 Å². The van der Waals surface area contributed by atoms with E-state index in [-0.39, 0.29) is 12.1 Å². The molecule has 1 aliphatic heterocycles. The lowest BCUT2D eigenvalue weighted by Gasteiger charge is -2.25. The summed E-state index contributed by atoms with van der Waals surface area (Å²) < 4.78 is 5.68. The lowest BCUT2D eigenvalue weighted by Crippen LogP contribution is -2.45. The number of nitrogens with two attached hydrogens (primary N) is 1. The maximum absolute atomic E-state index is 5.68. The highest BCUT2D eigenvalue weighted by Gasteiger charge is 2.30. The van der Waals surface area contributed by atoms with Gasteiger partial charge in [0.2, 0.25) is 0 Å². The maximum atomic E-state index is 5.68. The third-order valence-electron chi connectivity index (χ3n) is 2.94. The first kappa shape index (κ1) is 11.7. The fourth-order valence-electron chi connectivity index (χ4n) is 1.98. The van der Waals surface area contributed by atoms with Gasteiger partial charge in [-0.25, -0.2) is 0 Å². The van der Waals surface area contributed by atoms with Crippen molar-refractivity contribution in [1.29, 1.82) is 0 Å². The van der Waals surface area contributed by atoms with Gasteiger partial charge in [0, 0.05) is 12.6 Å². The van der Waals surface area contributed by atoms with Crippen LogP contribution in [0.3, 0.4) is 0 Å². The molecule has 14 heavy (non-hydrogen) atoms. The minimum Gasteiger partial charge on any atom is -0.376 e. The molecule has 3 N–H and O–H groups in total. The predicted octanol–water partition coefficient (Wildman–Crippen LogP) is 1.60. The Morgan fingerprint density at radius 1 is 1.71 bits per heavy atom. The Labute approximate surface area is 86.7 Å². The van der Waals surface area contributed by atoms with E-state index in [4.69, 9.17) is 10.6 Å². The molecule has 82 valence electrons. The molecule has 0 aromatic rings. The summed E-state index contributed by atoms with van der Waals surface area (Å²) >= 11 is 0. The van der Waals surface area contributed by atoms with Crippen LogP contribution >= 0.6 is 0 Å². The monoisotopic (exact) mass is 198 g/mol. The molecule has 0 aromatic carbocycles. The van der Waals surface area contributed by atoms with Crippen LogP contribution in [0.25, 0.3) is 0 Å². The van der Waals surface area contributed by atoms with Crippen molar-refractivity contribution in [2.75, 3.05) is 6.61 Å². The molecule has 0 radical (unpaired) electrons. The first-order chi connectivity index (χ1) is 6.65. The molecule has 3 unspecified atom stereocenters. The van der Waals surface area contributed by atoms with E-state index in [0.29, 0.717) is 5.92 Å². The number of hydrogen-bond acceptors (Lipinski definition) is 3. The third kappa shape index (κ3) is 3.08. The number of nitrogens with one attached hydrogen (secondary N) is 1. The highest BCUT2D eigenvalue weighted by Crippen LogP contribution is 2.25. The van der Waals surface area contributed by atoms with Gasteiger partial charge >= 0.3 is 0 Å². The van der Waals surface area contributed by atoms with Crippen LogP contribution < -0.4 is 11.3 Å². The molecule has 0 aliphatic carbocycles. The van der Waals surface area contributed by atoms with Crippen LogP contribution in [-0.4, -0.2) is 18.8 Å². The van der Waals surface area contributed by atoms with Gasteiger partial charge in [0.1, 0.15) is 0 Å². The van der Waals surface area contributed by atoms with E-state index in [1.807, 2.05) is 6.92 Å². The van der Waals surface area contributed by atoms with Gasteiger partial charge < -0.3 is 4.74 Å². The van der Waals surface area contributed by atoms with Crippen LogP contribution in [0.2, 0.25) is 0 Å². The minimum atomic E-state index is 0.268. The molecule has 1 fully saturated rings. The van der Waals surface area contributed by atoms with Crippen LogP contribution in [-0.2, 0) is 4.74 Å².